The Kier molecular flexibility index (Phi) is 6.32. The Bertz CT molecular complexity index is 750. The van der Waals surface area contributed by atoms with E-state index in [4.69, 9.17) is 9.47 Å². The third-order valence-corrected chi connectivity index (χ3v) is 3.45. The molecule has 2 rings (SSSR count). The summed E-state index contributed by atoms with van der Waals surface area (Å²) < 4.78 is 12.5. The van der Waals surface area contributed by atoms with Gasteiger partial charge in [0, 0.05) is 12.2 Å². The van der Waals surface area contributed by atoms with Gasteiger partial charge in [0.15, 0.2) is 0 Å². The number of nitrogens with zero attached hydrogens (tertiary/aromatic N) is 2. The molecule has 1 unspecified atom stereocenters. The van der Waals surface area contributed by atoms with Crippen molar-refractivity contribution in [3.8, 4) is 5.75 Å². The van der Waals surface area contributed by atoms with E-state index in [9.17, 15) is 4.79 Å². The van der Waals surface area contributed by atoms with Crippen molar-refractivity contribution < 1.29 is 14.3 Å². The second-order valence-electron chi connectivity index (χ2n) is 5.79. The normalized spacial score (nSPS) is 13.1. The van der Waals surface area contributed by atoms with Crippen molar-refractivity contribution in [3.05, 3.63) is 59.7 Å². The summed E-state index contributed by atoms with van der Waals surface area (Å²) >= 11 is 0. The van der Waals surface area contributed by atoms with E-state index < -0.39 is 6.10 Å². The first-order chi connectivity index (χ1) is 11.5. The molecular formula is C19H24N2O3. The fourth-order valence-corrected chi connectivity index (χ4v) is 2.24. The molecule has 5 heteroatoms. The SMILES string of the molecule is COc1cccc(COC(C)C(=O)n2ccccc2=NC(C)C)c1. The zero-order valence-corrected chi connectivity index (χ0v) is 14.6. The molecule has 1 heterocycles. The molecule has 2 aromatic rings. The molecule has 0 fully saturated rings. The van der Waals surface area contributed by atoms with Crippen LogP contribution in [0.5, 0.6) is 5.75 Å². The first-order valence-electron chi connectivity index (χ1n) is 8.01. The molecule has 0 saturated carbocycles. The molecule has 0 bridgehead atoms. The molecular weight excluding hydrogens is 304 g/mol. The van der Waals surface area contributed by atoms with Gasteiger partial charge in [-0.1, -0.05) is 18.2 Å². The number of hydrogen-bond acceptors (Lipinski definition) is 4. The first-order valence-corrected chi connectivity index (χ1v) is 8.01. The molecule has 0 aliphatic rings. The van der Waals surface area contributed by atoms with Crippen LogP contribution < -0.4 is 10.2 Å². The van der Waals surface area contributed by atoms with Gasteiger partial charge in [0.1, 0.15) is 17.3 Å². The van der Waals surface area contributed by atoms with Crippen molar-refractivity contribution in [1.29, 1.82) is 0 Å². The minimum absolute atomic E-state index is 0.111. The topological polar surface area (TPSA) is 52.8 Å². The Balaban J connectivity index is 2.10. The number of carbonyl (C=O) groups excluding carboxylic acids is 1. The maximum Gasteiger partial charge on any atom is 0.261 e. The lowest BCUT2D eigenvalue weighted by molar-refractivity contribution is 0.0330. The predicted molar refractivity (Wildman–Crippen MR) is 93.0 cm³/mol. The van der Waals surface area contributed by atoms with Crippen molar-refractivity contribution in [2.24, 2.45) is 4.99 Å². The number of hydrogen-bond donors (Lipinski definition) is 0. The quantitative estimate of drug-likeness (QED) is 0.819. The monoisotopic (exact) mass is 328 g/mol. The summed E-state index contributed by atoms with van der Waals surface area (Å²) in [5.41, 5.74) is 1.59. The van der Waals surface area contributed by atoms with Gasteiger partial charge in [-0.2, -0.15) is 0 Å². The fraction of sp³-hybridized carbons (Fsp3) is 0.368. The van der Waals surface area contributed by atoms with Crippen LogP contribution in [0.4, 0.5) is 0 Å². The first kappa shape index (κ1) is 17.9. The van der Waals surface area contributed by atoms with E-state index in [0.29, 0.717) is 12.1 Å². The number of pyridine rings is 1. The van der Waals surface area contributed by atoms with Crippen LogP contribution in [-0.2, 0) is 11.3 Å². The maximum absolute atomic E-state index is 12.6. The van der Waals surface area contributed by atoms with Crippen LogP contribution in [-0.4, -0.2) is 29.7 Å². The lowest BCUT2D eigenvalue weighted by Gasteiger charge is -2.15. The van der Waals surface area contributed by atoms with Gasteiger partial charge < -0.3 is 9.47 Å². The summed E-state index contributed by atoms with van der Waals surface area (Å²) in [6.45, 7) is 6.05. The van der Waals surface area contributed by atoms with Crippen LogP contribution >= 0.6 is 0 Å². The van der Waals surface area contributed by atoms with E-state index in [1.807, 2.05) is 56.3 Å². The molecule has 0 spiro atoms. The minimum atomic E-state index is -0.579. The average Bonchev–Trinajstić information content (AvgIpc) is 2.59. The van der Waals surface area contributed by atoms with Crippen molar-refractivity contribution in [1.82, 2.24) is 4.57 Å². The van der Waals surface area contributed by atoms with E-state index >= 15 is 0 Å². The van der Waals surface area contributed by atoms with Crippen molar-refractivity contribution in [3.63, 3.8) is 0 Å². The second-order valence-corrected chi connectivity index (χ2v) is 5.79. The molecule has 1 atom stereocenters. The molecule has 0 radical (unpaired) electrons. The van der Waals surface area contributed by atoms with Gasteiger partial charge in [0.2, 0.25) is 0 Å². The Morgan fingerprint density at radius 3 is 2.67 bits per heavy atom. The van der Waals surface area contributed by atoms with Gasteiger partial charge in [0.05, 0.1) is 13.7 Å². The number of benzene rings is 1. The van der Waals surface area contributed by atoms with Gasteiger partial charge in [-0.3, -0.25) is 14.4 Å². The van der Waals surface area contributed by atoms with Crippen LogP contribution in [0.25, 0.3) is 0 Å². The van der Waals surface area contributed by atoms with E-state index in [2.05, 4.69) is 4.99 Å². The lowest BCUT2D eigenvalue weighted by atomic mass is 10.2. The van der Waals surface area contributed by atoms with E-state index in [1.165, 1.54) is 4.57 Å². The zero-order valence-electron chi connectivity index (χ0n) is 14.6. The summed E-state index contributed by atoms with van der Waals surface area (Å²) in [6, 6.07) is 13.2. The van der Waals surface area contributed by atoms with Gasteiger partial charge >= 0.3 is 0 Å². The van der Waals surface area contributed by atoms with Crippen LogP contribution in [0.2, 0.25) is 0 Å². The van der Waals surface area contributed by atoms with Crippen LogP contribution in [0.15, 0.2) is 53.7 Å². The predicted octanol–water partition coefficient (Wildman–Crippen LogP) is 3.05. The van der Waals surface area contributed by atoms with Crippen molar-refractivity contribution >= 4 is 5.91 Å². The summed E-state index contributed by atoms with van der Waals surface area (Å²) in [4.78, 5) is 17.1. The summed E-state index contributed by atoms with van der Waals surface area (Å²) in [6.07, 6.45) is 1.14. The maximum atomic E-state index is 12.6. The highest BCUT2D eigenvalue weighted by Crippen LogP contribution is 2.14. The van der Waals surface area contributed by atoms with E-state index in [0.717, 1.165) is 11.3 Å². The minimum Gasteiger partial charge on any atom is -0.497 e. The Labute approximate surface area is 142 Å². The van der Waals surface area contributed by atoms with Crippen molar-refractivity contribution in [2.45, 2.75) is 39.5 Å². The van der Waals surface area contributed by atoms with Gasteiger partial charge in [0.25, 0.3) is 5.91 Å². The summed E-state index contributed by atoms with van der Waals surface area (Å²) in [5.74, 6) is 0.628. The summed E-state index contributed by atoms with van der Waals surface area (Å²) in [7, 11) is 1.62. The number of carbonyl (C=O) groups is 1. The highest BCUT2D eigenvalue weighted by molar-refractivity contribution is 5.82. The lowest BCUT2D eigenvalue weighted by Crippen LogP contribution is -2.35. The Hall–Kier alpha value is -2.40. The standard InChI is InChI=1S/C19H24N2O3/c1-14(2)20-18-10-5-6-11-21(18)19(22)15(3)24-13-16-8-7-9-17(12-16)23-4/h5-12,14-15H,13H2,1-4H3. The number of rotatable bonds is 6. The van der Waals surface area contributed by atoms with Crippen molar-refractivity contribution in [2.75, 3.05) is 7.11 Å². The average molecular weight is 328 g/mol. The van der Waals surface area contributed by atoms with Crippen LogP contribution in [0.1, 0.15) is 31.1 Å². The molecule has 0 N–H and O–H groups in total. The highest BCUT2D eigenvalue weighted by atomic mass is 16.5. The largest absolute Gasteiger partial charge is 0.497 e. The number of methoxy groups -OCH3 is 1. The molecule has 0 aliphatic carbocycles. The van der Waals surface area contributed by atoms with E-state index in [1.54, 1.807) is 20.2 Å². The molecule has 24 heavy (non-hydrogen) atoms. The third kappa shape index (κ3) is 4.80. The summed E-state index contributed by atoms with van der Waals surface area (Å²) in [5, 5.41) is 0. The van der Waals surface area contributed by atoms with Gasteiger partial charge in [-0.15, -0.1) is 0 Å². The van der Waals surface area contributed by atoms with Gasteiger partial charge in [-0.25, -0.2) is 0 Å². The molecule has 5 nitrogen and oxygen atoms in total. The fourth-order valence-electron chi connectivity index (χ4n) is 2.24. The highest BCUT2D eigenvalue weighted by Gasteiger charge is 2.16. The van der Waals surface area contributed by atoms with Gasteiger partial charge in [-0.05, 0) is 50.6 Å². The number of aromatic nitrogens is 1. The molecule has 0 aliphatic heterocycles. The molecule has 0 saturated heterocycles. The van der Waals surface area contributed by atoms with Crippen LogP contribution in [0.3, 0.4) is 0 Å². The number of ether oxygens (including phenoxy) is 2. The Morgan fingerprint density at radius 1 is 1.17 bits per heavy atom. The Morgan fingerprint density at radius 2 is 1.96 bits per heavy atom. The van der Waals surface area contributed by atoms with Crippen LogP contribution in [0, 0.1) is 0 Å². The smallest absolute Gasteiger partial charge is 0.261 e. The molecule has 1 aromatic heterocycles. The third-order valence-electron chi connectivity index (χ3n) is 3.45. The second kappa shape index (κ2) is 8.45. The molecule has 128 valence electrons. The van der Waals surface area contributed by atoms with E-state index in [-0.39, 0.29) is 11.9 Å². The zero-order chi connectivity index (χ0) is 17.5. The molecule has 0 amide bonds. The molecule has 1 aromatic carbocycles.